The number of ether oxygens (including phenoxy) is 2. The molecule has 94 valence electrons. The SMILES string of the molecule is COC(CNC(=O)c1cc(N)cc(I)c1)OC. The van der Waals surface area contributed by atoms with E-state index in [9.17, 15) is 4.79 Å². The summed E-state index contributed by atoms with van der Waals surface area (Å²) >= 11 is 2.11. The average Bonchev–Trinajstić information content (AvgIpc) is 2.28. The van der Waals surface area contributed by atoms with Gasteiger partial charge >= 0.3 is 0 Å². The molecule has 0 fully saturated rings. The number of nitrogen functional groups attached to an aromatic ring is 1. The molecule has 0 atom stereocenters. The van der Waals surface area contributed by atoms with Crippen LogP contribution >= 0.6 is 22.6 Å². The first-order valence-electron chi connectivity index (χ1n) is 4.96. The van der Waals surface area contributed by atoms with Gasteiger partial charge in [0.15, 0.2) is 6.29 Å². The van der Waals surface area contributed by atoms with Crippen LogP contribution in [0.4, 0.5) is 5.69 Å². The molecule has 0 bridgehead atoms. The number of amides is 1. The smallest absolute Gasteiger partial charge is 0.251 e. The largest absolute Gasteiger partial charge is 0.399 e. The van der Waals surface area contributed by atoms with Crippen LogP contribution in [0.2, 0.25) is 0 Å². The number of nitrogens with one attached hydrogen (secondary N) is 1. The van der Waals surface area contributed by atoms with Crippen molar-refractivity contribution < 1.29 is 14.3 Å². The van der Waals surface area contributed by atoms with Crippen LogP contribution in [0.25, 0.3) is 0 Å². The first-order chi connectivity index (χ1) is 8.06. The summed E-state index contributed by atoms with van der Waals surface area (Å²) in [6.07, 6.45) is -0.445. The predicted molar refractivity (Wildman–Crippen MR) is 73.7 cm³/mol. The second kappa shape index (κ2) is 6.77. The quantitative estimate of drug-likeness (QED) is 0.476. The van der Waals surface area contributed by atoms with Gasteiger partial charge in [0.1, 0.15) is 0 Å². The average molecular weight is 350 g/mol. The molecule has 17 heavy (non-hydrogen) atoms. The Morgan fingerprint density at radius 2 is 2.06 bits per heavy atom. The molecule has 0 radical (unpaired) electrons. The number of anilines is 1. The van der Waals surface area contributed by atoms with Crippen molar-refractivity contribution in [3.05, 3.63) is 27.3 Å². The highest BCUT2D eigenvalue weighted by Gasteiger charge is 2.10. The van der Waals surface area contributed by atoms with E-state index in [-0.39, 0.29) is 12.5 Å². The van der Waals surface area contributed by atoms with Crippen molar-refractivity contribution in [3.63, 3.8) is 0 Å². The zero-order chi connectivity index (χ0) is 12.8. The van der Waals surface area contributed by atoms with E-state index in [2.05, 4.69) is 27.9 Å². The molecule has 0 saturated carbocycles. The molecule has 0 unspecified atom stereocenters. The lowest BCUT2D eigenvalue weighted by molar-refractivity contribution is -0.0974. The van der Waals surface area contributed by atoms with Gasteiger partial charge in [-0.3, -0.25) is 4.79 Å². The Bertz CT molecular complexity index is 374. The molecule has 1 aromatic carbocycles. The third kappa shape index (κ3) is 4.49. The number of carbonyl (C=O) groups excluding carboxylic acids is 1. The summed E-state index contributed by atoms with van der Waals surface area (Å²) in [5.74, 6) is -0.200. The van der Waals surface area contributed by atoms with Gasteiger partial charge in [0.2, 0.25) is 0 Å². The van der Waals surface area contributed by atoms with E-state index in [1.165, 1.54) is 14.2 Å². The van der Waals surface area contributed by atoms with Gasteiger partial charge in [-0.25, -0.2) is 0 Å². The van der Waals surface area contributed by atoms with Crippen molar-refractivity contribution in [3.8, 4) is 0 Å². The second-order valence-corrected chi connectivity index (χ2v) is 4.63. The molecule has 0 aliphatic carbocycles. The van der Waals surface area contributed by atoms with Crippen LogP contribution in [0.1, 0.15) is 10.4 Å². The monoisotopic (exact) mass is 350 g/mol. The minimum atomic E-state index is -0.445. The molecular formula is C11H15IN2O3. The van der Waals surface area contributed by atoms with Crippen molar-refractivity contribution in [2.24, 2.45) is 0 Å². The van der Waals surface area contributed by atoms with Gasteiger partial charge in [0, 0.05) is 29.0 Å². The lowest BCUT2D eigenvalue weighted by atomic mass is 10.2. The van der Waals surface area contributed by atoms with Gasteiger partial charge < -0.3 is 20.5 Å². The zero-order valence-electron chi connectivity index (χ0n) is 9.70. The highest BCUT2D eigenvalue weighted by molar-refractivity contribution is 14.1. The van der Waals surface area contributed by atoms with Crippen molar-refractivity contribution in [2.75, 3.05) is 26.5 Å². The first kappa shape index (κ1) is 14.2. The van der Waals surface area contributed by atoms with E-state index in [0.717, 1.165) is 3.57 Å². The lowest BCUT2D eigenvalue weighted by Crippen LogP contribution is -2.34. The van der Waals surface area contributed by atoms with Crippen LogP contribution in [0, 0.1) is 3.57 Å². The van der Waals surface area contributed by atoms with E-state index in [4.69, 9.17) is 15.2 Å². The number of hydrogen-bond donors (Lipinski definition) is 2. The standard InChI is InChI=1S/C11H15IN2O3/c1-16-10(17-2)6-14-11(15)7-3-8(12)5-9(13)4-7/h3-5,10H,6,13H2,1-2H3,(H,14,15). The molecule has 1 rings (SSSR count). The normalized spacial score (nSPS) is 10.6. The number of benzene rings is 1. The molecule has 0 aliphatic rings. The minimum Gasteiger partial charge on any atom is -0.399 e. The Morgan fingerprint density at radius 1 is 1.41 bits per heavy atom. The molecule has 0 heterocycles. The van der Waals surface area contributed by atoms with Crippen LogP contribution in [-0.2, 0) is 9.47 Å². The van der Waals surface area contributed by atoms with Gasteiger partial charge in [-0.2, -0.15) is 0 Å². The van der Waals surface area contributed by atoms with Crippen molar-refractivity contribution in [1.82, 2.24) is 5.32 Å². The van der Waals surface area contributed by atoms with Gasteiger partial charge in [-0.05, 0) is 40.8 Å². The maximum Gasteiger partial charge on any atom is 0.251 e. The molecule has 6 heteroatoms. The van der Waals surface area contributed by atoms with E-state index in [1.54, 1.807) is 18.2 Å². The molecule has 0 spiro atoms. The van der Waals surface area contributed by atoms with Crippen LogP contribution in [0.15, 0.2) is 18.2 Å². The highest BCUT2D eigenvalue weighted by atomic mass is 127. The van der Waals surface area contributed by atoms with E-state index in [1.807, 2.05) is 0 Å². The van der Waals surface area contributed by atoms with Crippen LogP contribution in [-0.4, -0.2) is 33.0 Å². The van der Waals surface area contributed by atoms with Crippen molar-refractivity contribution in [2.45, 2.75) is 6.29 Å². The Hall–Kier alpha value is -0.860. The Balaban J connectivity index is 2.63. The van der Waals surface area contributed by atoms with Crippen LogP contribution in [0.5, 0.6) is 0 Å². The number of nitrogens with two attached hydrogens (primary N) is 1. The summed E-state index contributed by atoms with van der Waals surface area (Å²) in [7, 11) is 3.04. The molecule has 0 aliphatic heterocycles. The van der Waals surface area contributed by atoms with E-state index >= 15 is 0 Å². The topological polar surface area (TPSA) is 73.6 Å². The third-order valence-corrected chi connectivity index (χ3v) is 2.76. The van der Waals surface area contributed by atoms with Crippen molar-refractivity contribution in [1.29, 1.82) is 0 Å². The zero-order valence-corrected chi connectivity index (χ0v) is 11.9. The Labute approximate surface area is 114 Å². The summed E-state index contributed by atoms with van der Waals surface area (Å²) in [4.78, 5) is 11.8. The molecule has 1 amide bonds. The van der Waals surface area contributed by atoms with Gasteiger partial charge in [0.05, 0.1) is 6.54 Å². The summed E-state index contributed by atoms with van der Waals surface area (Å²) < 4.78 is 10.9. The third-order valence-electron chi connectivity index (χ3n) is 2.14. The van der Waals surface area contributed by atoms with Gasteiger partial charge in [0.25, 0.3) is 5.91 Å². The van der Waals surface area contributed by atoms with Gasteiger partial charge in [-0.1, -0.05) is 0 Å². The summed E-state index contributed by atoms with van der Waals surface area (Å²) in [5.41, 5.74) is 6.77. The molecule has 3 N–H and O–H groups in total. The van der Waals surface area contributed by atoms with E-state index < -0.39 is 6.29 Å². The molecular weight excluding hydrogens is 335 g/mol. The number of halogens is 1. The Morgan fingerprint density at radius 3 is 2.59 bits per heavy atom. The maximum absolute atomic E-state index is 11.8. The number of hydrogen-bond acceptors (Lipinski definition) is 4. The summed E-state index contributed by atoms with van der Waals surface area (Å²) in [6, 6.07) is 5.19. The van der Waals surface area contributed by atoms with Crippen molar-refractivity contribution >= 4 is 34.2 Å². The van der Waals surface area contributed by atoms with E-state index in [0.29, 0.717) is 11.3 Å². The number of methoxy groups -OCH3 is 2. The van der Waals surface area contributed by atoms with Gasteiger partial charge in [-0.15, -0.1) is 0 Å². The summed E-state index contributed by atoms with van der Waals surface area (Å²) in [5, 5.41) is 2.71. The lowest BCUT2D eigenvalue weighted by Gasteiger charge is -2.14. The molecule has 0 aromatic heterocycles. The molecule has 0 saturated heterocycles. The van der Waals surface area contributed by atoms with Crippen LogP contribution < -0.4 is 11.1 Å². The second-order valence-electron chi connectivity index (χ2n) is 3.38. The molecule has 1 aromatic rings. The number of carbonyl (C=O) groups is 1. The fourth-order valence-electron chi connectivity index (χ4n) is 1.28. The molecule has 5 nitrogen and oxygen atoms in total. The first-order valence-corrected chi connectivity index (χ1v) is 6.04. The summed E-state index contributed by atoms with van der Waals surface area (Å²) in [6.45, 7) is 0.289. The fraction of sp³-hybridized carbons (Fsp3) is 0.364. The number of rotatable bonds is 5. The highest BCUT2D eigenvalue weighted by Crippen LogP contribution is 2.13. The Kier molecular flexibility index (Phi) is 5.66. The predicted octanol–water partition coefficient (Wildman–Crippen LogP) is 1.22. The minimum absolute atomic E-state index is 0.200. The maximum atomic E-state index is 11.8. The van der Waals surface area contributed by atoms with Crippen LogP contribution in [0.3, 0.4) is 0 Å². The fourth-order valence-corrected chi connectivity index (χ4v) is 1.98.